The van der Waals surface area contributed by atoms with Crippen molar-refractivity contribution in [2.45, 2.75) is 26.8 Å². The van der Waals surface area contributed by atoms with Gasteiger partial charge in [-0.2, -0.15) is 0 Å². The summed E-state index contributed by atoms with van der Waals surface area (Å²) in [5.41, 5.74) is 1.69. The van der Waals surface area contributed by atoms with Gasteiger partial charge in [-0.25, -0.2) is 0 Å². The Morgan fingerprint density at radius 1 is 0.935 bits per heavy atom. The predicted molar refractivity (Wildman–Crippen MR) is 123 cm³/mol. The minimum absolute atomic E-state index is 0.0447. The summed E-state index contributed by atoms with van der Waals surface area (Å²) < 4.78 is 11.1. The van der Waals surface area contributed by atoms with Gasteiger partial charge in [0.05, 0.1) is 32.3 Å². The first-order chi connectivity index (χ1) is 14.8. The molecule has 1 N–H and O–H groups in total. The number of ether oxygens (including phenoxy) is 2. The Kier molecular flexibility index (Phi) is 9.34. The fourth-order valence-corrected chi connectivity index (χ4v) is 3.14. The van der Waals surface area contributed by atoms with Crippen LogP contribution in [0.4, 0.5) is 5.69 Å². The van der Waals surface area contributed by atoms with E-state index in [0.717, 1.165) is 5.56 Å². The van der Waals surface area contributed by atoms with E-state index in [9.17, 15) is 9.59 Å². The molecule has 0 heterocycles. The van der Waals surface area contributed by atoms with Crippen molar-refractivity contribution in [3.05, 3.63) is 54.1 Å². The first-order valence-corrected chi connectivity index (χ1v) is 10.5. The molecule has 168 valence electrons. The molecule has 0 bridgehead atoms. The number of nitrogens with one attached hydrogen (secondary N) is 1. The highest BCUT2D eigenvalue weighted by molar-refractivity contribution is 5.93. The number of anilines is 1. The van der Waals surface area contributed by atoms with Gasteiger partial charge >= 0.3 is 0 Å². The fraction of sp³-hybridized carbons (Fsp3) is 0.417. The van der Waals surface area contributed by atoms with Crippen LogP contribution >= 0.6 is 0 Å². The van der Waals surface area contributed by atoms with Crippen LogP contribution in [0, 0.1) is 0 Å². The number of hydrogen-bond acceptors (Lipinski definition) is 5. The summed E-state index contributed by atoms with van der Waals surface area (Å²) in [5, 5.41) is 2.85. The average Bonchev–Trinajstić information content (AvgIpc) is 2.75. The number of hydrogen-bond donors (Lipinski definition) is 1. The summed E-state index contributed by atoms with van der Waals surface area (Å²) >= 11 is 0. The van der Waals surface area contributed by atoms with Gasteiger partial charge in [-0.05, 0) is 45.5 Å². The minimum Gasteiger partial charge on any atom is -0.490 e. The third-order valence-corrected chi connectivity index (χ3v) is 4.90. The minimum atomic E-state index is -0.208. The topological polar surface area (TPSA) is 71.1 Å². The second kappa shape index (κ2) is 12.0. The van der Waals surface area contributed by atoms with E-state index in [2.05, 4.69) is 5.32 Å². The summed E-state index contributed by atoms with van der Waals surface area (Å²) in [4.78, 5) is 28.5. The number of amides is 2. The van der Waals surface area contributed by atoms with Gasteiger partial charge in [-0.1, -0.05) is 30.3 Å². The van der Waals surface area contributed by atoms with E-state index in [4.69, 9.17) is 9.47 Å². The van der Waals surface area contributed by atoms with Gasteiger partial charge in [0.2, 0.25) is 11.8 Å². The smallest absolute Gasteiger partial charge is 0.238 e. The molecule has 0 fully saturated rings. The van der Waals surface area contributed by atoms with Crippen molar-refractivity contribution < 1.29 is 19.1 Å². The van der Waals surface area contributed by atoms with E-state index < -0.39 is 0 Å². The monoisotopic (exact) mass is 427 g/mol. The number of benzene rings is 2. The number of likely N-dealkylation sites (N-methyl/N-ethyl adjacent to an activating group) is 2. The molecule has 7 nitrogen and oxygen atoms in total. The predicted octanol–water partition coefficient (Wildman–Crippen LogP) is 3.57. The van der Waals surface area contributed by atoms with Crippen molar-refractivity contribution in [1.82, 2.24) is 9.80 Å². The van der Waals surface area contributed by atoms with E-state index in [-0.39, 0.29) is 30.9 Å². The molecule has 2 aromatic carbocycles. The lowest BCUT2D eigenvalue weighted by Gasteiger charge is -2.27. The van der Waals surface area contributed by atoms with Crippen LogP contribution in [0.5, 0.6) is 11.5 Å². The number of carbonyl (C=O) groups excluding carboxylic acids is 2. The molecular formula is C24H33N3O4. The van der Waals surface area contributed by atoms with E-state index in [1.807, 2.05) is 51.1 Å². The highest BCUT2D eigenvalue weighted by atomic mass is 16.5. The molecule has 1 atom stereocenters. The molecule has 0 saturated heterocycles. The maximum absolute atomic E-state index is 12.6. The lowest BCUT2D eigenvalue weighted by molar-refractivity contribution is -0.133. The quantitative estimate of drug-likeness (QED) is 0.594. The highest BCUT2D eigenvalue weighted by Crippen LogP contribution is 2.30. The van der Waals surface area contributed by atoms with Crippen LogP contribution in [0.15, 0.2) is 48.5 Å². The zero-order chi connectivity index (χ0) is 22.8. The van der Waals surface area contributed by atoms with Crippen molar-refractivity contribution in [1.29, 1.82) is 0 Å². The number of nitrogens with zero attached hydrogens (tertiary/aromatic N) is 2. The van der Waals surface area contributed by atoms with Crippen LogP contribution in [0.2, 0.25) is 0 Å². The highest BCUT2D eigenvalue weighted by Gasteiger charge is 2.19. The summed E-state index contributed by atoms with van der Waals surface area (Å²) in [6, 6.07) is 15.1. The molecule has 0 saturated carbocycles. The van der Waals surface area contributed by atoms with Crippen LogP contribution in [0.25, 0.3) is 0 Å². The van der Waals surface area contributed by atoms with Crippen molar-refractivity contribution in [3.63, 3.8) is 0 Å². The molecule has 1 unspecified atom stereocenters. The Labute approximate surface area is 184 Å². The van der Waals surface area contributed by atoms with Crippen LogP contribution in [-0.4, -0.2) is 62.0 Å². The third-order valence-electron chi connectivity index (χ3n) is 4.90. The zero-order valence-corrected chi connectivity index (χ0v) is 19.1. The molecule has 31 heavy (non-hydrogen) atoms. The average molecular weight is 428 g/mol. The zero-order valence-electron chi connectivity index (χ0n) is 19.1. The number of rotatable bonds is 11. The standard InChI is InChI=1S/C24H33N3O4/c1-6-30-21-14-13-20(15-22(21)31-7-2)25-23(28)16-26(4)17-24(29)27(5)18(3)19-11-9-8-10-12-19/h8-15,18H,6-7,16-17H2,1-5H3,(H,25,28). The van der Waals surface area contributed by atoms with Gasteiger partial charge in [0.15, 0.2) is 11.5 Å². The van der Waals surface area contributed by atoms with Crippen molar-refractivity contribution in [3.8, 4) is 11.5 Å². The summed E-state index contributed by atoms with van der Waals surface area (Å²) in [6.45, 7) is 7.05. The fourth-order valence-electron chi connectivity index (χ4n) is 3.14. The molecule has 0 aliphatic rings. The molecule has 0 aromatic heterocycles. The first-order valence-electron chi connectivity index (χ1n) is 10.5. The number of carbonyl (C=O) groups is 2. The Balaban J connectivity index is 1.90. The molecule has 0 spiro atoms. The Hall–Kier alpha value is -3.06. The first kappa shape index (κ1) is 24.2. The SMILES string of the molecule is CCOc1ccc(NC(=O)CN(C)CC(=O)N(C)C(C)c2ccccc2)cc1OCC. The van der Waals surface area contributed by atoms with Crippen LogP contribution in [0.1, 0.15) is 32.4 Å². The molecule has 2 rings (SSSR count). The Morgan fingerprint density at radius 2 is 1.58 bits per heavy atom. The molecule has 0 aliphatic carbocycles. The van der Waals surface area contributed by atoms with E-state index >= 15 is 0 Å². The van der Waals surface area contributed by atoms with Gasteiger partial charge in [0, 0.05) is 18.8 Å². The van der Waals surface area contributed by atoms with Crippen LogP contribution in [-0.2, 0) is 9.59 Å². The van der Waals surface area contributed by atoms with Gasteiger partial charge < -0.3 is 19.7 Å². The van der Waals surface area contributed by atoms with Gasteiger partial charge in [0.25, 0.3) is 0 Å². The molecule has 0 radical (unpaired) electrons. The van der Waals surface area contributed by atoms with E-state index in [1.54, 1.807) is 42.1 Å². The van der Waals surface area contributed by atoms with Crippen LogP contribution < -0.4 is 14.8 Å². The second-order valence-corrected chi connectivity index (χ2v) is 7.34. The maximum Gasteiger partial charge on any atom is 0.238 e. The van der Waals surface area contributed by atoms with Crippen LogP contribution in [0.3, 0.4) is 0 Å². The Morgan fingerprint density at radius 3 is 2.23 bits per heavy atom. The summed E-state index contributed by atoms with van der Waals surface area (Å²) in [6.07, 6.45) is 0. The van der Waals surface area contributed by atoms with Gasteiger partial charge in [-0.15, -0.1) is 0 Å². The molecule has 2 amide bonds. The lowest BCUT2D eigenvalue weighted by atomic mass is 10.1. The molecule has 2 aromatic rings. The molecule has 0 aliphatic heterocycles. The lowest BCUT2D eigenvalue weighted by Crippen LogP contribution is -2.40. The normalized spacial score (nSPS) is 11.7. The summed E-state index contributed by atoms with van der Waals surface area (Å²) in [7, 11) is 3.53. The second-order valence-electron chi connectivity index (χ2n) is 7.34. The van der Waals surface area contributed by atoms with Gasteiger partial charge in [-0.3, -0.25) is 14.5 Å². The van der Waals surface area contributed by atoms with Crippen molar-refractivity contribution in [2.24, 2.45) is 0 Å². The third kappa shape index (κ3) is 7.29. The molecular weight excluding hydrogens is 394 g/mol. The van der Waals surface area contributed by atoms with Crippen molar-refractivity contribution in [2.75, 3.05) is 45.7 Å². The Bertz CT molecular complexity index is 857. The maximum atomic E-state index is 12.6. The molecule has 7 heteroatoms. The van der Waals surface area contributed by atoms with E-state index in [1.165, 1.54) is 0 Å². The summed E-state index contributed by atoms with van der Waals surface area (Å²) in [5.74, 6) is 0.967. The largest absolute Gasteiger partial charge is 0.490 e. The van der Waals surface area contributed by atoms with Gasteiger partial charge in [0.1, 0.15) is 0 Å². The van der Waals surface area contributed by atoms with E-state index in [0.29, 0.717) is 30.4 Å². The van der Waals surface area contributed by atoms with Crippen molar-refractivity contribution >= 4 is 17.5 Å².